The number of alkyl halides is 1. The van der Waals surface area contributed by atoms with Gasteiger partial charge in [-0.25, -0.2) is 4.79 Å². The van der Waals surface area contributed by atoms with Crippen LogP contribution in [-0.2, 0) is 11.2 Å². The van der Waals surface area contributed by atoms with Crippen LogP contribution in [0.4, 0.5) is 0 Å². The molecule has 15 heavy (non-hydrogen) atoms. The Kier molecular flexibility index (Phi) is 2.61. The van der Waals surface area contributed by atoms with Crippen molar-refractivity contribution >= 4 is 27.7 Å². The molecule has 1 aliphatic carbocycles. The Morgan fingerprint density at radius 2 is 2.27 bits per heavy atom. The molecule has 0 bridgehead atoms. The molecule has 0 N–H and O–H groups in total. The normalized spacial score (nSPS) is 18.8. The maximum atomic E-state index is 11.6. The van der Waals surface area contributed by atoms with Gasteiger partial charge < -0.3 is 4.74 Å². The number of ether oxygens (including phenoxy) is 1. The van der Waals surface area contributed by atoms with Crippen molar-refractivity contribution in [3.63, 3.8) is 0 Å². The smallest absolute Gasteiger partial charge is 0.337 e. The molecule has 0 amide bonds. The van der Waals surface area contributed by atoms with Crippen molar-refractivity contribution in [3.05, 3.63) is 34.9 Å². The van der Waals surface area contributed by atoms with E-state index in [9.17, 15) is 9.59 Å². The molecule has 1 aliphatic rings. The van der Waals surface area contributed by atoms with Gasteiger partial charge in [-0.15, -0.1) is 0 Å². The highest BCUT2D eigenvalue weighted by atomic mass is 79.9. The summed E-state index contributed by atoms with van der Waals surface area (Å²) in [4.78, 5) is 22.7. The maximum Gasteiger partial charge on any atom is 0.337 e. The van der Waals surface area contributed by atoms with E-state index in [1.165, 1.54) is 7.11 Å². The number of benzene rings is 1. The summed E-state index contributed by atoms with van der Waals surface area (Å²) in [5.41, 5.74) is 2.10. The van der Waals surface area contributed by atoms with Crippen LogP contribution in [0.15, 0.2) is 18.2 Å². The lowest BCUT2D eigenvalue weighted by Crippen LogP contribution is -2.06. The first-order valence-corrected chi connectivity index (χ1v) is 5.44. The zero-order valence-corrected chi connectivity index (χ0v) is 9.71. The molecule has 4 heteroatoms. The third kappa shape index (κ3) is 1.69. The van der Waals surface area contributed by atoms with Crippen molar-refractivity contribution < 1.29 is 14.3 Å². The van der Waals surface area contributed by atoms with Crippen LogP contribution in [-0.4, -0.2) is 23.7 Å². The minimum atomic E-state index is -0.372. The van der Waals surface area contributed by atoms with Crippen molar-refractivity contribution in [3.8, 4) is 0 Å². The van der Waals surface area contributed by atoms with Gasteiger partial charge in [-0.2, -0.15) is 0 Å². The van der Waals surface area contributed by atoms with Crippen molar-refractivity contribution in [2.24, 2.45) is 0 Å². The van der Waals surface area contributed by atoms with Crippen LogP contribution in [0.1, 0.15) is 26.3 Å². The van der Waals surface area contributed by atoms with Crippen LogP contribution in [0.25, 0.3) is 0 Å². The van der Waals surface area contributed by atoms with Gasteiger partial charge in [0.15, 0.2) is 5.78 Å². The maximum absolute atomic E-state index is 11.6. The number of esters is 1. The number of rotatable bonds is 1. The summed E-state index contributed by atoms with van der Waals surface area (Å²) < 4.78 is 4.61. The lowest BCUT2D eigenvalue weighted by molar-refractivity contribution is 0.0600. The second kappa shape index (κ2) is 3.77. The Morgan fingerprint density at radius 1 is 1.53 bits per heavy atom. The summed E-state index contributed by atoms with van der Waals surface area (Å²) in [6.07, 6.45) is 0.638. The lowest BCUT2D eigenvalue weighted by atomic mass is 10.1. The average Bonchev–Trinajstić information content (AvgIpc) is 2.53. The van der Waals surface area contributed by atoms with E-state index >= 15 is 0 Å². The number of ketones is 1. The number of halogens is 1. The summed E-state index contributed by atoms with van der Waals surface area (Å²) in [6.45, 7) is 0. The van der Waals surface area contributed by atoms with Crippen LogP contribution >= 0.6 is 15.9 Å². The number of fused-ring (bicyclic) bond motifs is 1. The first-order chi connectivity index (χ1) is 7.13. The minimum Gasteiger partial charge on any atom is -0.465 e. The Balaban J connectivity index is 2.42. The molecule has 0 aliphatic heterocycles. The number of hydrogen-bond donors (Lipinski definition) is 0. The number of carbonyl (C=O) groups is 2. The van der Waals surface area contributed by atoms with Gasteiger partial charge in [-0.05, 0) is 24.1 Å². The lowest BCUT2D eigenvalue weighted by Gasteiger charge is -2.01. The molecule has 0 spiro atoms. The van der Waals surface area contributed by atoms with Crippen LogP contribution in [0.5, 0.6) is 0 Å². The minimum absolute atomic E-state index is 0.0846. The van der Waals surface area contributed by atoms with E-state index in [0.717, 1.165) is 5.56 Å². The Labute approximate surface area is 95.6 Å². The van der Waals surface area contributed by atoms with Crippen molar-refractivity contribution in [2.45, 2.75) is 11.2 Å². The first kappa shape index (κ1) is 10.4. The van der Waals surface area contributed by atoms with Gasteiger partial charge in [0.2, 0.25) is 0 Å². The third-order valence-corrected chi connectivity index (χ3v) is 3.21. The Morgan fingerprint density at radius 3 is 2.93 bits per heavy atom. The largest absolute Gasteiger partial charge is 0.465 e. The highest BCUT2D eigenvalue weighted by Gasteiger charge is 2.28. The first-order valence-electron chi connectivity index (χ1n) is 4.53. The number of carbonyl (C=O) groups excluding carboxylic acids is 2. The molecule has 2 rings (SSSR count). The van der Waals surface area contributed by atoms with E-state index in [-0.39, 0.29) is 16.6 Å². The molecular formula is C11H9BrO3. The molecule has 1 atom stereocenters. The van der Waals surface area contributed by atoms with E-state index < -0.39 is 0 Å². The molecular weight excluding hydrogens is 260 g/mol. The van der Waals surface area contributed by atoms with Crippen LogP contribution in [0.2, 0.25) is 0 Å². The zero-order valence-electron chi connectivity index (χ0n) is 8.12. The molecule has 1 aromatic rings. The van der Waals surface area contributed by atoms with Gasteiger partial charge in [0.05, 0.1) is 17.5 Å². The molecule has 0 saturated carbocycles. The van der Waals surface area contributed by atoms with Gasteiger partial charge in [0.25, 0.3) is 0 Å². The second-order valence-electron chi connectivity index (χ2n) is 3.40. The van der Waals surface area contributed by atoms with Crippen LogP contribution in [0, 0.1) is 0 Å². The molecule has 0 heterocycles. The number of Topliss-reactive ketones (excluding diaryl/α,β-unsaturated/α-hetero) is 1. The molecule has 1 unspecified atom stereocenters. The quantitative estimate of drug-likeness (QED) is 0.578. The summed E-state index contributed by atoms with van der Waals surface area (Å²) in [5.74, 6) is -0.287. The van der Waals surface area contributed by atoms with Crippen LogP contribution in [0.3, 0.4) is 0 Å². The monoisotopic (exact) mass is 268 g/mol. The molecule has 0 aromatic heterocycles. The van der Waals surface area contributed by atoms with Crippen molar-refractivity contribution in [2.75, 3.05) is 7.11 Å². The van der Waals surface area contributed by atoms with Crippen molar-refractivity contribution in [1.82, 2.24) is 0 Å². The molecule has 78 valence electrons. The van der Waals surface area contributed by atoms with E-state index in [2.05, 4.69) is 20.7 Å². The fourth-order valence-electron chi connectivity index (χ4n) is 1.70. The standard InChI is InChI=1S/C11H9BrO3/c1-15-11(14)6-2-3-8-7(4-6)5-9(12)10(8)13/h2-4,9H,5H2,1H3. The van der Waals surface area contributed by atoms with E-state index in [4.69, 9.17) is 0 Å². The Bertz CT molecular complexity index is 439. The van der Waals surface area contributed by atoms with E-state index in [0.29, 0.717) is 17.5 Å². The third-order valence-electron chi connectivity index (χ3n) is 2.48. The predicted molar refractivity (Wildman–Crippen MR) is 58.5 cm³/mol. The average molecular weight is 269 g/mol. The summed E-state index contributed by atoms with van der Waals surface area (Å²) in [7, 11) is 1.34. The predicted octanol–water partition coefficient (Wildman–Crippen LogP) is 1.98. The van der Waals surface area contributed by atoms with Crippen molar-refractivity contribution in [1.29, 1.82) is 0 Å². The van der Waals surface area contributed by atoms with Crippen LogP contribution < -0.4 is 0 Å². The number of hydrogen-bond acceptors (Lipinski definition) is 3. The topological polar surface area (TPSA) is 43.4 Å². The second-order valence-corrected chi connectivity index (χ2v) is 4.50. The highest BCUT2D eigenvalue weighted by Crippen LogP contribution is 2.27. The fraction of sp³-hybridized carbons (Fsp3) is 0.273. The van der Waals surface area contributed by atoms with E-state index in [1.54, 1.807) is 18.2 Å². The van der Waals surface area contributed by atoms with Gasteiger partial charge in [-0.1, -0.05) is 22.0 Å². The van der Waals surface area contributed by atoms with Gasteiger partial charge >= 0.3 is 5.97 Å². The van der Waals surface area contributed by atoms with Gasteiger partial charge in [0, 0.05) is 5.56 Å². The molecule has 3 nitrogen and oxygen atoms in total. The molecule has 0 radical (unpaired) electrons. The zero-order chi connectivity index (χ0) is 11.0. The van der Waals surface area contributed by atoms with Gasteiger partial charge in [-0.3, -0.25) is 4.79 Å². The molecule has 0 fully saturated rings. The number of methoxy groups -OCH3 is 1. The highest BCUT2D eigenvalue weighted by molar-refractivity contribution is 9.10. The summed E-state index contributed by atoms with van der Waals surface area (Å²) in [5, 5.41) is 0. The molecule has 1 aromatic carbocycles. The Hall–Kier alpha value is -1.16. The van der Waals surface area contributed by atoms with Gasteiger partial charge in [0.1, 0.15) is 0 Å². The van der Waals surface area contributed by atoms with E-state index in [1.807, 2.05) is 0 Å². The fourth-order valence-corrected chi connectivity index (χ4v) is 2.30. The summed E-state index contributed by atoms with van der Waals surface area (Å²) >= 11 is 3.30. The molecule has 0 saturated heterocycles. The SMILES string of the molecule is COC(=O)c1ccc2c(c1)CC(Br)C2=O. The summed E-state index contributed by atoms with van der Waals surface area (Å²) in [6, 6.07) is 5.03.